The molecule has 168 valence electrons. The molecule has 1 saturated heterocycles. The number of hydrogen-bond acceptors (Lipinski definition) is 5. The van der Waals surface area contributed by atoms with Gasteiger partial charge in [0.05, 0.1) is 17.7 Å². The predicted octanol–water partition coefficient (Wildman–Crippen LogP) is 4.19. The predicted molar refractivity (Wildman–Crippen MR) is 118 cm³/mol. The highest BCUT2D eigenvalue weighted by molar-refractivity contribution is 6.01. The molecule has 32 heavy (non-hydrogen) atoms. The zero-order valence-corrected chi connectivity index (χ0v) is 18.1. The van der Waals surface area contributed by atoms with E-state index >= 15 is 0 Å². The molecule has 0 radical (unpaired) electrons. The molecule has 1 atom stereocenters. The van der Waals surface area contributed by atoms with E-state index in [1.165, 1.54) is 12.1 Å². The lowest BCUT2D eigenvalue weighted by Gasteiger charge is -2.40. The first-order valence-corrected chi connectivity index (χ1v) is 11.0. The Balaban J connectivity index is 1.43. The third kappa shape index (κ3) is 4.66. The van der Waals surface area contributed by atoms with Crippen molar-refractivity contribution in [3.8, 4) is 0 Å². The van der Waals surface area contributed by atoms with E-state index in [-0.39, 0.29) is 23.8 Å². The number of ether oxygens (including phenoxy) is 1. The SMILES string of the molecule is CCOC(=O)C1(C[C@H]2CC(c3ccc(F)cc3)=NO2)CCN(C(=O)c2ccccc2)CC1. The van der Waals surface area contributed by atoms with E-state index in [0.717, 1.165) is 11.3 Å². The molecular weight excluding hydrogens is 411 g/mol. The summed E-state index contributed by atoms with van der Waals surface area (Å²) < 4.78 is 18.6. The molecule has 0 saturated carbocycles. The molecule has 1 amide bonds. The van der Waals surface area contributed by atoms with Crippen LogP contribution in [0.2, 0.25) is 0 Å². The molecule has 0 N–H and O–H groups in total. The second kappa shape index (κ2) is 9.51. The number of carbonyl (C=O) groups is 2. The molecule has 0 aliphatic carbocycles. The van der Waals surface area contributed by atoms with Crippen molar-refractivity contribution in [2.75, 3.05) is 19.7 Å². The van der Waals surface area contributed by atoms with Crippen LogP contribution in [0.25, 0.3) is 0 Å². The van der Waals surface area contributed by atoms with Crippen molar-refractivity contribution >= 4 is 17.6 Å². The van der Waals surface area contributed by atoms with Crippen LogP contribution in [0, 0.1) is 11.2 Å². The molecule has 2 aliphatic rings. The average Bonchev–Trinajstić information content (AvgIpc) is 3.28. The standard InChI is InChI=1S/C25H27FN2O4/c1-2-31-24(30)25(12-14-28(15-13-25)23(29)19-6-4-3-5-7-19)17-21-16-22(27-32-21)18-8-10-20(26)11-9-18/h3-11,21H,2,12-17H2,1H3/t21-/m1/s1. The third-order valence-corrected chi connectivity index (χ3v) is 6.27. The Bertz CT molecular complexity index is 983. The minimum Gasteiger partial charge on any atom is -0.466 e. The molecule has 0 spiro atoms. The molecule has 0 bridgehead atoms. The second-order valence-electron chi connectivity index (χ2n) is 8.34. The molecule has 4 rings (SSSR count). The van der Waals surface area contributed by atoms with Gasteiger partial charge in [0.25, 0.3) is 5.91 Å². The van der Waals surface area contributed by atoms with Crippen LogP contribution in [0.3, 0.4) is 0 Å². The smallest absolute Gasteiger partial charge is 0.312 e. The summed E-state index contributed by atoms with van der Waals surface area (Å²) >= 11 is 0. The van der Waals surface area contributed by atoms with E-state index in [0.29, 0.717) is 50.9 Å². The van der Waals surface area contributed by atoms with Crippen molar-refractivity contribution in [1.82, 2.24) is 4.90 Å². The van der Waals surface area contributed by atoms with Crippen LogP contribution in [0.15, 0.2) is 59.8 Å². The van der Waals surface area contributed by atoms with Gasteiger partial charge in [0.15, 0.2) is 0 Å². The van der Waals surface area contributed by atoms with Crippen LogP contribution >= 0.6 is 0 Å². The Hall–Kier alpha value is -3.22. The van der Waals surface area contributed by atoms with E-state index in [1.807, 2.05) is 18.2 Å². The largest absolute Gasteiger partial charge is 0.466 e. The number of nitrogens with zero attached hydrogens (tertiary/aromatic N) is 2. The maximum atomic E-state index is 13.2. The van der Waals surface area contributed by atoms with Crippen molar-refractivity contribution in [2.45, 2.75) is 38.7 Å². The maximum absolute atomic E-state index is 13.2. The summed E-state index contributed by atoms with van der Waals surface area (Å²) in [6.07, 6.45) is 1.76. The number of amides is 1. The fraction of sp³-hybridized carbons (Fsp3) is 0.400. The lowest BCUT2D eigenvalue weighted by Crippen LogP contribution is -2.48. The zero-order valence-electron chi connectivity index (χ0n) is 18.1. The molecule has 0 aromatic heterocycles. The highest BCUT2D eigenvalue weighted by atomic mass is 19.1. The summed E-state index contributed by atoms with van der Waals surface area (Å²) in [5.74, 6) is -0.573. The number of esters is 1. The summed E-state index contributed by atoms with van der Waals surface area (Å²) in [6.45, 7) is 3.05. The van der Waals surface area contributed by atoms with Gasteiger partial charge in [-0.3, -0.25) is 9.59 Å². The van der Waals surface area contributed by atoms with Crippen LogP contribution in [-0.4, -0.2) is 48.3 Å². The second-order valence-corrected chi connectivity index (χ2v) is 8.34. The molecule has 2 aromatic carbocycles. The van der Waals surface area contributed by atoms with Gasteiger partial charge >= 0.3 is 5.97 Å². The summed E-state index contributed by atoms with van der Waals surface area (Å²) in [4.78, 5) is 33.2. The summed E-state index contributed by atoms with van der Waals surface area (Å²) in [7, 11) is 0. The Morgan fingerprint density at radius 2 is 1.81 bits per heavy atom. The van der Waals surface area contributed by atoms with E-state index in [2.05, 4.69) is 5.16 Å². The van der Waals surface area contributed by atoms with E-state index < -0.39 is 5.41 Å². The number of carbonyl (C=O) groups excluding carboxylic acids is 2. The van der Waals surface area contributed by atoms with Crippen molar-refractivity contribution < 1.29 is 23.6 Å². The van der Waals surface area contributed by atoms with Crippen molar-refractivity contribution in [3.63, 3.8) is 0 Å². The van der Waals surface area contributed by atoms with E-state index in [9.17, 15) is 14.0 Å². The van der Waals surface area contributed by atoms with Gasteiger partial charge in [0.2, 0.25) is 0 Å². The Kier molecular flexibility index (Phi) is 6.53. The lowest BCUT2D eigenvalue weighted by molar-refractivity contribution is -0.161. The van der Waals surface area contributed by atoms with Crippen molar-refractivity contribution in [3.05, 3.63) is 71.5 Å². The monoisotopic (exact) mass is 438 g/mol. The van der Waals surface area contributed by atoms with E-state index in [1.54, 1.807) is 36.1 Å². The van der Waals surface area contributed by atoms with Crippen LogP contribution < -0.4 is 0 Å². The number of hydrogen-bond donors (Lipinski definition) is 0. The molecule has 2 heterocycles. The van der Waals surface area contributed by atoms with Crippen LogP contribution in [0.5, 0.6) is 0 Å². The number of piperidine rings is 1. The minimum atomic E-state index is -0.720. The molecule has 0 unspecified atom stereocenters. The van der Waals surface area contributed by atoms with Gasteiger partial charge in [-0.2, -0.15) is 0 Å². The highest BCUT2D eigenvalue weighted by Crippen LogP contribution is 2.40. The van der Waals surface area contributed by atoms with Crippen LogP contribution in [0.4, 0.5) is 4.39 Å². The van der Waals surface area contributed by atoms with Crippen LogP contribution in [-0.2, 0) is 14.4 Å². The average molecular weight is 438 g/mol. The summed E-state index contributed by atoms with van der Waals surface area (Å²) in [6, 6.07) is 15.3. The quantitative estimate of drug-likeness (QED) is 0.634. The fourth-order valence-corrected chi connectivity index (χ4v) is 4.46. The Morgan fingerprint density at radius 1 is 1.12 bits per heavy atom. The first-order chi connectivity index (χ1) is 15.5. The third-order valence-electron chi connectivity index (χ3n) is 6.27. The number of rotatable bonds is 6. The molecular formula is C25H27FN2O4. The normalized spacial score (nSPS) is 19.8. The summed E-state index contributed by atoms with van der Waals surface area (Å²) in [5.41, 5.74) is 1.47. The molecule has 2 aliphatic heterocycles. The van der Waals surface area contributed by atoms with Gasteiger partial charge in [0, 0.05) is 31.5 Å². The molecule has 7 heteroatoms. The van der Waals surface area contributed by atoms with Crippen LogP contribution in [0.1, 0.15) is 48.5 Å². The molecule has 6 nitrogen and oxygen atoms in total. The lowest BCUT2D eigenvalue weighted by atomic mass is 9.73. The van der Waals surface area contributed by atoms with Gasteiger partial charge in [-0.05, 0) is 49.6 Å². The first kappa shape index (κ1) is 22.0. The number of benzene rings is 2. The topological polar surface area (TPSA) is 68.2 Å². The highest BCUT2D eigenvalue weighted by Gasteiger charge is 2.46. The fourth-order valence-electron chi connectivity index (χ4n) is 4.46. The van der Waals surface area contributed by atoms with Gasteiger partial charge in [0.1, 0.15) is 11.9 Å². The molecule has 2 aromatic rings. The first-order valence-electron chi connectivity index (χ1n) is 11.0. The zero-order chi connectivity index (χ0) is 22.6. The summed E-state index contributed by atoms with van der Waals surface area (Å²) in [5, 5.41) is 4.18. The van der Waals surface area contributed by atoms with E-state index in [4.69, 9.17) is 9.57 Å². The Morgan fingerprint density at radius 3 is 2.47 bits per heavy atom. The minimum absolute atomic E-state index is 0.0258. The van der Waals surface area contributed by atoms with Gasteiger partial charge < -0.3 is 14.5 Å². The van der Waals surface area contributed by atoms with Gasteiger partial charge in [-0.15, -0.1) is 0 Å². The van der Waals surface area contributed by atoms with Gasteiger partial charge in [-0.25, -0.2) is 4.39 Å². The Labute approximate surface area is 187 Å². The maximum Gasteiger partial charge on any atom is 0.312 e. The van der Waals surface area contributed by atoms with Crippen molar-refractivity contribution in [2.24, 2.45) is 10.6 Å². The van der Waals surface area contributed by atoms with Gasteiger partial charge in [-0.1, -0.05) is 35.5 Å². The number of halogens is 1. The number of oxime groups is 1. The number of likely N-dealkylation sites (tertiary alicyclic amines) is 1. The van der Waals surface area contributed by atoms with Crippen molar-refractivity contribution in [1.29, 1.82) is 0 Å². The molecule has 1 fully saturated rings.